The molecule has 3 nitrogen and oxygen atoms in total. The quantitative estimate of drug-likeness (QED) is 0.751. The van der Waals surface area contributed by atoms with Crippen LogP contribution in [0.5, 0.6) is 5.88 Å². The first kappa shape index (κ1) is 15.3. The number of benzene rings is 2. The number of hydrogen-bond donors (Lipinski definition) is 1. The highest BCUT2D eigenvalue weighted by Gasteiger charge is 2.19. The van der Waals surface area contributed by atoms with Gasteiger partial charge >= 0.3 is 0 Å². The van der Waals surface area contributed by atoms with Crippen LogP contribution < -0.4 is 0 Å². The van der Waals surface area contributed by atoms with Gasteiger partial charge in [-0.2, -0.15) is 0 Å². The van der Waals surface area contributed by atoms with Crippen molar-refractivity contribution in [3.05, 3.63) is 65.2 Å². The summed E-state index contributed by atoms with van der Waals surface area (Å²) < 4.78 is 1.85. The van der Waals surface area contributed by atoms with Gasteiger partial charge in [0.1, 0.15) is 0 Å². The molecular formula is C20H22N2O. The maximum Gasteiger partial charge on any atom is 0.234 e. The Morgan fingerprint density at radius 2 is 1.48 bits per heavy atom. The second kappa shape index (κ2) is 6.29. The first-order valence-corrected chi connectivity index (χ1v) is 8.05. The van der Waals surface area contributed by atoms with E-state index in [9.17, 15) is 5.11 Å². The molecule has 1 heterocycles. The Hall–Kier alpha value is -2.55. The zero-order valence-electron chi connectivity index (χ0n) is 13.9. The van der Waals surface area contributed by atoms with Crippen LogP contribution in [0.4, 0.5) is 0 Å². The summed E-state index contributed by atoms with van der Waals surface area (Å²) in [6.07, 6.45) is 1.77. The maximum absolute atomic E-state index is 10.3. The number of aryl methyl sites for hydroxylation is 2. The summed E-state index contributed by atoms with van der Waals surface area (Å²) in [4.78, 5) is 0. The predicted molar refractivity (Wildman–Crippen MR) is 94.1 cm³/mol. The van der Waals surface area contributed by atoms with E-state index in [-0.39, 0.29) is 5.88 Å². The van der Waals surface area contributed by atoms with Crippen molar-refractivity contribution in [2.75, 3.05) is 0 Å². The van der Waals surface area contributed by atoms with Crippen molar-refractivity contribution in [2.24, 2.45) is 0 Å². The molecule has 3 aromatic rings. The second-order valence-corrected chi connectivity index (χ2v) is 6.01. The summed E-state index contributed by atoms with van der Waals surface area (Å²) in [5.41, 5.74) is 6.36. The van der Waals surface area contributed by atoms with Crippen molar-refractivity contribution in [2.45, 2.75) is 33.6 Å². The Balaban J connectivity index is 2.21. The van der Waals surface area contributed by atoms with Crippen molar-refractivity contribution in [1.82, 2.24) is 9.78 Å². The van der Waals surface area contributed by atoms with E-state index in [0.717, 1.165) is 35.3 Å². The SMILES string of the molecule is CCCc1c(O)nn(-c2ccc(C)cc2)c1-c1ccc(C)cc1. The molecule has 0 aliphatic rings. The van der Waals surface area contributed by atoms with Crippen LogP contribution in [-0.2, 0) is 6.42 Å². The minimum atomic E-state index is 0.128. The lowest BCUT2D eigenvalue weighted by atomic mass is 10.0. The average Bonchev–Trinajstić information content (AvgIpc) is 2.86. The molecule has 118 valence electrons. The molecule has 0 spiro atoms. The van der Waals surface area contributed by atoms with Crippen molar-refractivity contribution in [3.63, 3.8) is 0 Å². The molecule has 0 aliphatic heterocycles. The first-order chi connectivity index (χ1) is 11.1. The smallest absolute Gasteiger partial charge is 0.234 e. The second-order valence-electron chi connectivity index (χ2n) is 6.01. The predicted octanol–water partition coefficient (Wildman–Crippen LogP) is 4.81. The number of nitrogens with zero attached hydrogens (tertiary/aromatic N) is 2. The van der Waals surface area contributed by atoms with E-state index in [2.05, 4.69) is 62.3 Å². The van der Waals surface area contributed by atoms with Crippen molar-refractivity contribution >= 4 is 0 Å². The third-order valence-electron chi connectivity index (χ3n) is 4.07. The van der Waals surface area contributed by atoms with Gasteiger partial charge in [-0.15, -0.1) is 5.10 Å². The molecule has 0 saturated heterocycles. The van der Waals surface area contributed by atoms with Gasteiger partial charge in [0.05, 0.1) is 11.4 Å². The molecule has 0 fully saturated rings. The molecular weight excluding hydrogens is 284 g/mol. The highest BCUT2D eigenvalue weighted by Crippen LogP contribution is 2.33. The fourth-order valence-electron chi connectivity index (χ4n) is 2.80. The van der Waals surface area contributed by atoms with E-state index in [1.54, 1.807) is 0 Å². The van der Waals surface area contributed by atoms with Gasteiger partial charge in [0.25, 0.3) is 0 Å². The van der Waals surface area contributed by atoms with E-state index in [1.807, 2.05) is 16.8 Å². The molecule has 3 rings (SSSR count). The molecule has 0 radical (unpaired) electrons. The molecule has 1 N–H and O–H groups in total. The van der Waals surface area contributed by atoms with Crippen molar-refractivity contribution < 1.29 is 5.11 Å². The summed E-state index contributed by atoms with van der Waals surface area (Å²) in [5.74, 6) is 0.128. The molecule has 0 bridgehead atoms. The summed E-state index contributed by atoms with van der Waals surface area (Å²) in [6.45, 7) is 6.25. The van der Waals surface area contributed by atoms with Gasteiger partial charge in [-0.1, -0.05) is 60.9 Å². The Labute approximate surface area is 137 Å². The molecule has 0 unspecified atom stereocenters. The summed E-state index contributed by atoms with van der Waals surface area (Å²) in [5, 5.41) is 14.7. The lowest BCUT2D eigenvalue weighted by Gasteiger charge is -2.10. The van der Waals surface area contributed by atoms with Gasteiger partial charge in [-0.05, 0) is 32.4 Å². The van der Waals surface area contributed by atoms with Crippen molar-refractivity contribution in [1.29, 1.82) is 0 Å². The molecule has 0 aliphatic carbocycles. The standard InChI is InChI=1S/C20H22N2O/c1-4-5-18-19(16-10-6-14(2)7-11-16)22(21-20(18)23)17-12-8-15(3)9-13-17/h6-13H,4-5H2,1-3H3,(H,21,23). The van der Waals surface area contributed by atoms with Gasteiger partial charge in [-0.3, -0.25) is 0 Å². The van der Waals surface area contributed by atoms with Gasteiger partial charge in [0, 0.05) is 11.1 Å². The third-order valence-corrected chi connectivity index (χ3v) is 4.07. The van der Waals surface area contributed by atoms with Gasteiger partial charge in [0.15, 0.2) is 0 Å². The number of hydrogen-bond acceptors (Lipinski definition) is 2. The van der Waals surface area contributed by atoms with Crippen LogP contribution >= 0.6 is 0 Å². The van der Waals surface area contributed by atoms with Gasteiger partial charge in [-0.25, -0.2) is 4.68 Å². The maximum atomic E-state index is 10.3. The number of rotatable bonds is 4. The summed E-state index contributed by atoms with van der Waals surface area (Å²) in [6, 6.07) is 16.6. The molecule has 0 atom stereocenters. The van der Waals surface area contributed by atoms with E-state index in [4.69, 9.17) is 0 Å². The Kier molecular flexibility index (Phi) is 4.20. The first-order valence-electron chi connectivity index (χ1n) is 8.05. The van der Waals surface area contributed by atoms with Crippen LogP contribution in [0.15, 0.2) is 48.5 Å². The fraction of sp³-hybridized carbons (Fsp3) is 0.250. The molecule has 0 amide bonds. The van der Waals surface area contributed by atoms with Crippen LogP contribution in [0, 0.1) is 13.8 Å². The van der Waals surface area contributed by atoms with Crippen LogP contribution in [0.3, 0.4) is 0 Å². The molecule has 0 saturated carbocycles. The molecule has 3 heteroatoms. The molecule has 1 aromatic heterocycles. The Morgan fingerprint density at radius 3 is 2.04 bits per heavy atom. The summed E-state index contributed by atoms with van der Waals surface area (Å²) >= 11 is 0. The lowest BCUT2D eigenvalue weighted by molar-refractivity contribution is 0.442. The van der Waals surface area contributed by atoms with E-state index in [0.29, 0.717) is 0 Å². The highest BCUT2D eigenvalue weighted by atomic mass is 16.3. The molecule has 2 aromatic carbocycles. The monoisotopic (exact) mass is 306 g/mol. The largest absolute Gasteiger partial charge is 0.492 e. The zero-order chi connectivity index (χ0) is 16.4. The normalized spacial score (nSPS) is 10.9. The summed E-state index contributed by atoms with van der Waals surface area (Å²) in [7, 11) is 0. The topological polar surface area (TPSA) is 38.1 Å². The van der Waals surface area contributed by atoms with Gasteiger partial charge < -0.3 is 5.11 Å². The minimum Gasteiger partial charge on any atom is -0.492 e. The van der Waals surface area contributed by atoms with Crippen molar-refractivity contribution in [3.8, 4) is 22.8 Å². The van der Waals surface area contributed by atoms with E-state index < -0.39 is 0 Å². The van der Waals surface area contributed by atoms with Crippen LogP contribution in [-0.4, -0.2) is 14.9 Å². The third kappa shape index (κ3) is 3.00. The number of aromatic hydroxyl groups is 1. The fourth-order valence-corrected chi connectivity index (χ4v) is 2.80. The average molecular weight is 306 g/mol. The number of aromatic nitrogens is 2. The van der Waals surface area contributed by atoms with E-state index >= 15 is 0 Å². The Morgan fingerprint density at radius 1 is 0.913 bits per heavy atom. The molecule has 23 heavy (non-hydrogen) atoms. The van der Waals surface area contributed by atoms with Crippen LogP contribution in [0.25, 0.3) is 16.9 Å². The lowest BCUT2D eigenvalue weighted by Crippen LogP contribution is -2.00. The van der Waals surface area contributed by atoms with Gasteiger partial charge in [0.2, 0.25) is 5.88 Å². The van der Waals surface area contributed by atoms with Crippen LogP contribution in [0.1, 0.15) is 30.0 Å². The Bertz CT molecular complexity index is 799. The zero-order valence-corrected chi connectivity index (χ0v) is 13.9. The van der Waals surface area contributed by atoms with Crippen LogP contribution in [0.2, 0.25) is 0 Å². The van der Waals surface area contributed by atoms with E-state index in [1.165, 1.54) is 11.1 Å². The highest BCUT2D eigenvalue weighted by molar-refractivity contribution is 5.68. The minimum absolute atomic E-state index is 0.128.